The Hall–Kier alpha value is -5.68. The summed E-state index contributed by atoms with van der Waals surface area (Å²) < 4.78 is 9.35. The highest BCUT2D eigenvalue weighted by Crippen LogP contribution is 2.55. The summed E-state index contributed by atoms with van der Waals surface area (Å²) in [5.41, 5.74) is 18.9. The molecule has 0 spiro atoms. The molecule has 2 aliphatic heterocycles. The summed E-state index contributed by atoms with van der Waals surface area (Å²) in [4.78, 5) is 13.0. The Balaban J connectivity index is 1.28. The first-order valence-electron chi connectivity index (χ1n) is 22.0. The maximum absolute atomic E-state index is 6.96. The first kappa shape index (κ1) is 38.5. The molecule has 0 amide bonds. The molecule has 10 rings (SSSR count). The van der Waals surface area contributed by atoms with E-state index in [1.54, 1.807) is 0 Å². The molecule has 0 radical (unpaired) electrons. The normalized spacial score (nSPS) is 19.6. The molecule has 0 bridgehead atoms. The van der Waals surface area contributed by atoms with Crippen molar-refractivity contribution in [2.24, 2.45) is 4.99 Å². The Morgan fingerprint density at radius 1 is 0.667 bits per heavy atom. The van der Waals surface area contributed by atoms with Gasteiger partial charge in [0.05, 0.1) is 28.5 Å². The van der Waals surface area contributed by atoms with E-state index in [4.69, 9.17) is 14.7 Å². The zero-order valence-electron chi connectivity index (χ0n) is 37.3. The van der Waals surface area contributed by atoms with E-state index < -0.39 is 0 Å². The smallest absolute Gasteiger partial charge is 0.217 e. The monoisotopic (exact) mass is 790 g/mol. The minimum Gasteiger partial charge on any atom is -0.469 e. The molecule has 60 heavy (non-hydrogen) atoms. The summed E-state index contributed by atoms with van der Waals surface area (Å²) in [5, 5.41) is 2.48. The van der Waals surface area contributed by atoms with Gasteiger partial charge in [-0.3, -0.25) is 4.57 Å². The van der Waals surface area contributed by atoms with Gasteiger partial charge in [-0.25, -0.2) is 9.98 Å². The summed E-state index contributed by atoms with van der Waals surface area (Å²) in [5.74, 6) is 1.71. The molecular formula is C55H58N4O. The second kappa shape index (κ2) is 13.4. The third kappa shape index (κ3) is 6.02. The van der Waals surface area contributed by atoms with Crippen LogP contribution in [0, 0.1) is 34.6 Å². The summed E-state index contributed by atoms with van der Waals surface area (Å²) in [6.45, 7) is 25.0. The Morgan fingerprint density at radius 2 is 1.37 bits per heavy atom. The lowest BCUT2D eigenvalue weighted by Gasteiger charge is -2.42. The standard InChI is InChI=1S/C55H58N4O/c1-32-15-17-45-41(24-32)42-30-44-48(31-47(42)59(45)50-29-39(19-21-56-50)53(6,7)8)58(46-18-16-33(2)25-43(46)54(44,9)10)40-27-37(51-35(4)22-34(3)23-36(51)5)26-38(28-40)52-57-49-14-12-13-20-55(49,11)60-52/h15-19,21-31,49H,12-14,20H2,1-11H3/t49-,55+/m1/s1. The van der Waals surface area contributed by atoms with E-state index in [0.717, 1.165) is 46.8 Å². The average molecular weight is 791 g/mol. The number of rotatable bonds is 4. The SMILES string of the molecule is Cc1cc(C)c(-c2cc(C3=N[C@@H]4CCCC[C@]4(C)O3)cc(N3c4ccc(C)cc4C(C)(C)c4cc5c6cc(C)ccc6n(-c6cc(C(C)(C)C)ccn6)c5cc43)c2)c(C)c1. The summed E-state index contributed by atoms with van der Waals surface area (Å²) >= 11 is 0. The third-order valence-electron chi connectivity index (χ3n) is 14.0. The quantitative estimate of drug-likeness (QED) is 0.178. The van der Waals surface area contributed by atoms with Gasteiger partial charge in [-0.15, -0.1) is 0 Å². The van der Waals surface area contributed by atoms with E-state index in [1.165, 1.54) is 90.6 Å². The van der Waals surface area contributed by atoms with Crippen LogP contribution in [0.3, 0.4) is 0 Å². The van der Waals surface area contributed by atoms with Gasteiger partial charge < -0.3 is 9.64 Å². The van der Waals surface area contributed by atoms with Crippen LogP contribution in [0.15, 0.2) is 102 Å². The van der Waals surface area contributed by atoms with Crippen LogP contribution in [-0.2, 0) is 15.6 Å². The number of pyridine rings is 1. The van der Waals surface area contributed by atoms with Gasteiger partial charge in [0.25, 0.3) is 0 Å². The van der Waals surface area contributed by atoms with E-state index in [0.29, 0.717) is 0 Å². The number of nitrogens with zero attached hydrogens (tertiary/aromatic N) is 4. The van der Waals surface area contributed by atoms with Crippen molar-refractivity contribution in [2.75, 3.05) is 4.90 Å². The van der Waals surface area contributed by atoms with Crippen molar-refractivity contribution in [3.8, 4) is 16.9 Å². The molecule has 304 valence electrons. The van der Waals surface area contributed by atoms with Gasteiger partial charge in [0, 0.05) is 33.6 Å². The van der Waals surface area contributed by atoms with Crippen molar-refractivity contribution < 1.29 is 4.74 Å². The Labute approximate surface area is 356 Å². The maximum Gasteiger partial charge on any atom is 0.217 e. The molecule has 5 nitrogen and oxygen atoms in total. The van der Waals surface area contributed by atoms with Crippen molar-refractivity contribution in [2.45, 2.75) is 124 Å². The van der Waals surface area contributed by atoms with Crippen LogP contribution < -0.4 is 4.90 Å². The maximum atomic E-state index is 6.96. The van der Waals surface area contributed by atoms with E-state index in [-0.39, 0.29) is 22.5 Å². The molecule has 2 aromatic heterocycles. The van der Waals surface area contributed by atoms with Crippen molar-refractivity contribution in [3.63, 3.8) is 0 Å². The number of hydrogen-bond donors (Lipinski definition) is 0. The number of ether oxygens (including phenoxy) is 1. The van der Waals surface area contributed by atoms with Crippen LogP contribution in [0.4, 0.5) is 17.1 Å². The Morgan fingerprint density at radius 3 is 2.12 bits per heavy atom. The highest BCUT2D eigenvalue weighted by molar-refractivity contribution is 6.12. The number of fused-ring (bicyclic) bond motifs is 6. The van der Waals surface area contributed by atoms with Crippen LogP contribution in [0.25, 0.3) is 38.8 Å². The van der Waals surface area contributed by atoms with Gasteiger partial charge in [0.1, 0.15) is 11.4 Å². The summed E-state index contributed by atoms with van der Waals surface area (Å²) in [7, 11) is 0. The minimum atomic E-state index is -0.280. The van der Waals surface area contributed by atoms with E-state index in [1.807, 2.05) is 6.20 Å². The van der Waals surface area contributed by atoms with E-state index >= 15 is 0 Å². The van der Waals surface area contributed by atoms with Crippen LogP contribution in [-0.4, -0.2) is 27.1 Å². The molecule has 7 aromatic rings. The predicted octanol–water partition coefficient (Wildman–Crippen LogP) is 14.3. The summed E-state index contributed by atoms with van der Waals surface area (Å²) in [6, 6.07) is 35.1. The topological polar surface area (TPSA) is 42.6 Å². The molecule has 1 fully saturated rings. The fourth-order valence-corrected chi connectivity index (χ4v) is 10.8. The fraction of sp³-hybridized carbons (Fsp3) is 0.345. The average Bonchev–Trinajstić information content (AvgIpc) is 3.71. The highest BCUT2D eigenvalue weighted by atomic mass is 16.5. The number of anilines is 3. The van der Waals surface area contributed by atoms with Gasteiger partial charge >= 0.3 is 0 Å². The number of aryl methyl sites for hydroxylation is 5. The molecule has 5 aromatic carbocycles. The highest BCUT2D eigenvalue weighted by Gasteiger charge is 2.45. The van der Waals surface area contributed by atoms with Gasteiger partial charge in [0.15, 0.2) is 0 Å². The van der Waals surface area contributed by atoms with Gasteiger partial charge in [-0.1, -0.05) is 88.1 Å². The molecule has 4 heterocycles. The molecule has 0 saturated heterocycles. The van der Waals surface area contributed by atoms with E-state index in [9.17, 15) is 0 Å². The largest absolute Gasteiger partial charge is 0.469 e. The first-order chi connectivity index (χ1) is 28.5. The Bertz CT molecular complexity index is 2930. The fourth-order valence-electron chi connectivity index (χ4n) is 10.8. The van der Waals surface area contributed by atoms with Crippen LogP contribution >= 0.6 is 0 Å². The lowest BCUT2D eigenvalue weighted by Crippen LogP contribution is -2.39. The van der Waals surface area contributed by atoms with Crippen molar-refractivity contribution in [1.82, 2.24) is 9.55 Å². The third-order valence-corrected chi connectivity index (χ3v) is 14.0. The zero-order valence-corrected chi connectivity index (χ0v) is 37.3. The molecule has 0 N–H and O–H groups in total. The van der Waals surface area contributed by atoms with E-state index in [2.05, 4.69) is 177 Å². The first-order valence-corrected chi connectivity index (χ1v) is 22.0. The Kier molecular flexibility index (Phi) is 8.61. The lowest BCUT2D eigenvalue weighted by atomic mass is 9.72. The van der Waals surface area contributed by atoms with Crippen LogP contribution in [0.1, 0.15) is 117 Å². The predicted molar refractivity (Wildman–Crippen MR) is 251 cm³/mol. The van der Waals surface area contributed by atoms with Gasteiger partial charge in [-0.05, 0) is 166 Å². The zero-order chi connectivity index (χ0) is 42.0. The van der Waals surface area contributed by atoms with Crippen molar-refractivity contribution in [1.29, 1.82) is 0 Å². The van der Waals surface area contributed by atoms with Crippen molar-refractivity contribution in [3.05, 3.63) is 147 Å². The molecule has 5 heteroatoms. The molecule has 3 aliphatic rings. The van der Waals surface area contributed by atoms with Gasteiger partial charge in [-0.2, -0.15) is 0 Å². The molecule has 1 saturated carbocycles. The van der Waals surface area contributed by atoms with Crippen molar-refractivity contribution >= 4 is 44.8 Å². The van der Waals surface area contributed by atoms with Crippen LogP contribution in [0.5, 0.6) is 0 Å². The number of benzene rings is 5. The molecule has 0 unspecified atom stereocenters. The minimum absolute atomic E-state index is 0.0196. The molecule has 2 atom stereocenters. The van der Waals surface area contributed by atoms with Gasteiger partial charge in [0.2, 0.25) is 5.90 Å². The molecular weight excluding hydrogens is 733 g/mol. The second-order valence-electron chi connectivity index (χ2n) is 20.0. The second-order valence-corrected chi connectivity index (χ2v) is 20.0. The summed E-state index contributed by atoms with van der Waals surface area (Å²) in [6.07, 6.45) is 6.46. The lowest BCUT2D eigenvalue weighted by molar-refractivity contribution is 0.0447. The number of hydrogen-bond acceptors (Lipinski definition) is 4. The number of aromatic nitrogens is 2. The number of aliphatic imine (C=N–C) groups is 1. The molecule has 1 aliphatic carbocycles. The van der Waals surface area contributed by atoms with Crippen LogP contribution in [0.2, 0.25) is 0 Å².